The molecule has 0 saturated heterocycles. The molecule has 0 aliphatic carbocycles. The van der Waals surface area contributed by atoms with Crippen molar-refractivity contribution in [2.45, 2.75) is 13.0 Å². The molecule has 0 unspecified atom stereocenters. The maximum atomic E-state index is 12.7. The molecule has 17 heavy (non-hydrogen) atoms. The van der Waals surface area contributed by atoms with E-state index in [2.05, 4.69) is 4.98 Å². The van der Waals surface area contributed by atoms with Crippen LogP contribution in [0.3, 0.4) is 0 Å². The number of aromatic carboxylic acids is 1. The van der Waals surface area contributed by atoms with Gasteiger partial charge in [-0.2, -0.15) is 0 Å². The summed E-state index contributed by atoms with van der Waals surface area (Å²) in [5.41, 5.74) is 1.03. The molecule has 0 bridgehead atoms. The van der Waals surface area contributed by atoms with Crippen molar-refractivity contribution in [3.63, 3.8) is 0 Å². The largest absolute Gasteiger partial charge is 0.476 e. The van der Waals surface area contributed by atoms with Crippen LogP contribution < -0.4 is 0 Å². The van der Waals surface area contributed by atoms with Gasteiger partial charge in [0, 0.05) is 12.7 Å². The van der Waals surface area contributed by atoms with Gasteiger partial charge in [-0.05, 0) is 24.1 Å². The first-order valence-corrected chi connectivity index (χ1v) is 5.14. The number of nitrogens with zero attached hydrogens (tertiary/aromatic N) is 2. The fraction of sp³-hybridized carbons (Fsp3) is 0.167. The Morgan fingerprint density at radius 2 is 2.06 bits per heavy atom. The van der Waals surface area contributed by atoms with Gasteiger partial charge in [-0.15, -0.1) is 0 Å². The highest BCUT2D eigenvalue weighted by Crippen LogP contribution is 2.05. The van der Waals surface area contributed by atoms with Crippen molar-refractivity contribution in [2.24, 2.45) is 0 Å². The summed E-state index contributed by atoms with van der Waals surface area (Å²) in [6.45, 7) is 0.617. The Morgan fingerprint density at radius 3 is 2.65 bits per heavy atom. The van der Waals surface area contributed by atoms with Gasteiger partial charge in [-0.25, -0.2) is 14.2 Å². The number of hydrogen-bond acceptors (Lipinski definition) is 2. The molecule has 4 nitrogen and oxygen atoms in total. The number of carbonyl (C=O) groups is 1. The van der Waals surface area contributed by atoms with Gasteiger partial charge < -0.3 is 9.67 Å². The maximum Gasteiger partial charge on any atom is 0.356 e. The lowest BCUT2D eigenvalue weighted by Crippen LogP contribution is -1.99. The predicted molar refractivity (Wildman–Crippen MR) is 59.3 cm³/mol. The van der Waals surface area contributed by atoms with Gasteiger partial charge in [-0.1, -0.05) is 12.1 Å². The molecular weight excluding hydrogens is 223 g/mol. The number of imidazole rings is 1. The number of rotatable bonds is 4. The Bertz CT molecular complexity index is 520. The minimum absolute atomic E-state index is 0.0316. The van der Waals surface area contributed by atoms with Gasteiger partial charge in [0.15, 0.2) is 5.69 Å². The van der Waals surface area contributed by atoms with E-state index in [1.807, 2.05) is 0 Å². The molecule has 1 aromatic heterocycles. The Kier molecular flexibility index (Phi) is 3.18. The normalized spacial score (nSPS) is 10.4. The second-order valence-electron chi connectivity index (χ2n) is 3.68. The first-order chi connectivity index (χ1) is 8.15. The van der Waals surface area contributed by atoms with Gasteiger partial charge in [0.25, 0.3) is 0 Å². The van der Waals surface area contributed by atoms with Crippen molar-refractivity contribution in [1.29, 1.82) is 0 Å². The van der Waals surface area contributed by atoms with E-state index in [4.69, 9.17) is 5.11 Å². The van der Waals surface area contributed by atoms with Gasteiger partial charge in [0.1, 0.15) is 5.82 Å². The third-order valence-corrected chi connectivity index (χ3v) is 2.42. The van der Waals surface area contributed by atoms with Crippen molar-refractivity contribution in [3.05, 3.63) is 53.9 Å². The summed E-state index contributed by atoms with van der Waals surface area (Å²) in [6, 6.07) is 6.24. The molecule has 0 atom stereocenters. The molecule has 2 rings (SSSR count). The van der Waals surface area contributed by atoms with Crippen LogP contribution >= 0.6 is 0 Å². The second-order valence-corrected chi connectivity index (χ2v) is 3.68. The first kappa shape index (κ1) is 11.3. The maximum absolute atomic E-state index is 12.7. The highest BCUT2D eigenvalue weighted by atomic mass is 19.1. The molecule has 1 heterocycles. The number of benzene rings is 1. The standard InChI is InChI=1S/C12H11FN2O2/c13-10-3-1-9(2-4-10)5-6-15-7-11(12(16)17)14-8-15/h1-4,7-8H,5-6H2,(H,16,17). The molecule has 0 aliphatic heterocycles. The van der Waals surface area contributed by atoms with Gasteiger partial charge in [-0.3, -0.25) is 0 Å². The molecule has 1 aromatic carbocycles. The lowest BCUT2D eigenvalue weighted by molar-refractivity contribution is 0.0691. The number of carboxylic acids is 1. The van der Waals surface area contributed by atoms with Crippen molar-refractivity contribution in [2.75, 3.05) is 0 Å². The first-order valence-electron chi connectivity index (χ1n) is 5.14. The van der Waals surface area contributed by atoms with E-state index in [0.717, 1.165) is 5.56 Å². The number of aromatic nitrogens is 2. The average molecular weight is 234 g/mol. The SMILES string of the molecule is O=C(O)c1cn(CCc2ccc(F)cc2)cn1. The number of halogens is 1. The Hall–Kier alpha value is -2.17. The summed E-state index contributed by atoms with van der Waals surface area (Å²) in [6.07, 6.45) is 3.66. The van der Waals surface area contributed by atoms with E-state index < -0.39 is 5.97 Å². The average Bonchev–Trinajstić information content (AvgIpc) is 2.77. The lowest BCUT2D eigenvalue weighted by atomic mass is 10.1. The Labute approximate surface area is 97.3 Å². The van der Waals surface area contributed by atoms with Gasteiger partial charge in [0.05, 0.1) is 6.33 Å². The highest BCUT2D eigenvalue weighted by molar-refractivity contribution is 5.84. The van der Waals surface area contributed by atoms with Crippen LogP contribution in [-0.2, 0) is 13.0 Å². The van der Waals surface area contributed by atoms with Crippen LogP contribution in [0.2, 0.25) is 0 Å². The zero-order valence-electron chi connectivity index (χ0n) is 9.01. The van der Waals surface area contributed by atoms with E-state index in [1.165, 1.54) is 24.7 Å². The van der Waals surface area contributed by atoms with E-state index in [-0.39, 0.29) is 11.5 Å². The molecule has 0 amide bonds. The second kappa shape index (κ2) is 4.78. The lowest BCUT2D eigenvalue weighted by Gasteiger charge is -2.02. The van der Waals surface area contributed by atoms with Crippen LogP contribution in [0.4, 0.5) is 4.39 Å². The molecule has 1 N–H and O–H groups in total. The minimum atomic E-state index is -1.04. The minimum Gasteiger partial charge on any atom is -0.476 e. The smallest absolute Gasteiger partial charge is 0.356 e. The third kappa shape index (κ3) is 2.90. The van der Waals surface area contributed by atoms with E-state index in [1.54, 1.807) is 16.7 Å². The summed E-state index contributed by atoms with van der Waals surface area (Å²) in [7, 11) is 0. The highest BCUT2D eigenvalue weighted by Gasteiger charge is 2.06. The van der Waals surface area contributed by atoms with Gasteiger partial charge in [0.2, 0.25) is 0 Å². The third-order valence-electron chi connectivity index (χ3n) is 2.42. The molecule has 0 aliphatic rings. The fourth-order valence-corrected chi connectivity index (χ4v) is 1.50. The van der Waals surface area contributed by atoms with E-state index >= 15 is 0 Å². The van der Waals surface area contributed by atoms with Crippen molar-refractivity contribution < 1.29 is 14.3 Å². The van der Waals surface area contributed by atoms with Gasteiger partial charge >= 0.3 is 5.97 Å². The molecule has 0 spiro atoms. The summed E-state index contributed by atoms with van der Waals surface area (Å²) in [5, 5.41) is 8.70. The van der Waals surface area contributed by atoms with Crippen molar-refractivity contribution >= 4 is 5.97 Å². The molecule has 5 heteroatoms. The molecular formula is C12H11FN2O2. The van der Waals surface area contributed by atoms with E-state index in [9.17, 15) is 9.18 Å². The zero-order chi connectivity index (χ0) is 12.3. The number of aryl methyl sites for hydroxylation is 2. The van der Waals surface area contributed by atoms with Crippen LogP contribution in [-0.4, -0.2) is 20.6 Å². The van der Waals surface area contributed by atoms with E-state index in [0.29, 0.717) is 13.0 Å². The monoisotopic (exact) mass is 234 g/mol. The topological polar surface area (TPSA) is 55.1 Å². The summed E-state index contributed by atoms with van der Waals surface area (Å²) in [5.74, 6) is -1.30. The zero-order valence-corrected chi connectivity index (χ0v) is 9.01. The Balaban J connectivity index is 1.97. The summed E-state index contributed by atoms with van der Waals surface area (Å²) in [4.78, 5) is 14.4. The van der Waals surface area contributed by atoms with Crippen LogP contribution in [0.1, 0.15) is 16.1 Å². The molecule has 0 saturated carbocycles. The van der Waals surface area contributed by atoms with Crippen LogP contribution in [0.5, 0.6) is 0 Å². The molecule has 0 radical (unpaired) electrons. The molecule has 2 aromatic rings. The van der Waals surface area contributed by atoms with Crippen LogP contribution in [0, 0.1) is 5.82 Å². The number of hydrogen-bond donors (Lipinski definition) is 1. The fourth-order valence-electron chi connectivity index (χ4n) is 1.50. The Morgan fingerprint density at radius 1 is 1.35 bits per heavy atom. The molecule has 88 valence electrons. The summed E-state index contributed by atoms with van der Waals surface area (Å²) < 4.78 is 14.4. The van der Waals surface area contributed by atoms with Crippen molar-refractivity contribution in [1.82, 2.24) is 9.55 Å². The molecule has 0 fully saturated rings. The summed E-state index contributed by atoms with van der Waals surface area (Å²) >= 11 is 0. The number of carboxylic acid groups (broad SMARTS) is 1. The van der Waals surface area contributed by atoms with Crippen molar-refractivity contribution in [3.8, 4) is 0 Å². The predicted octanol–water partition coefficient (Wildman–Crippen LogP) is 1.96. The van der Waals surface area contributed by atoms with Crippen LogP contribution in [0.15, 0.2) is 36.8 Å². The van der Waals surface area contributed by atoms with Crippen LogP contribution in [0.25, 0.3) is 0 Å². The quantitative estimate of drug-likeness (QED) is 0.879.